The third kappa shape index (κ3) is 6.28. The summed E-state index contributed by atoms with van der Waals surface area (Å²) in [5.74, 6) is -0.530. The maximum Gasteiger partial charge on any atom is 0.328 e. The quantitative estimate of drug-likeness (QED) is 0.295. The number of oxime groups is 1. The third-order valence-electron chi connectivity index (χ3n) is 3.98. The second-order valence-electron chi connectivity index (χ2n) is 5.99. The van der Waals surface area contributed by atoms with Crippen molar-refractivity contribution in [1.29, 1.82) is 0 Å². The number of urea groups is 1. The van der Waals surface area contributed by atoms with Crippen LogP contribution in [-0.2, 0) is 9.53 Å². The van der Waals surface area contributed by atoms with E-state index in [1.165, 1.54) is 7.11 Å². The molecule has 3 N–H and O–H groups in total. The summed E-state index contributed by atoms with van der Waals surface area (Å²) in [4.78, 5) is 24.2. The molecule has 1 unspecified atom stereocenters. The summed E-state index contributed by atoms with van der Waals surface area (Å²) in [6.45, 7) is 1.67. The maximum absolute atomic E-state index is 12.2. The number of ether oxygens (including phenoxy) is 1. The highest BCUT2D eigenvalue weighted by Gasteiger charge is 2.20. The van der Waals surface area contributed by atoms with Gasteiger partial charge in [0.1, 0.15) is 6.04 Å². The molecule has 0 aliphatic rings. The minimum absolute atomic E-state index is 0.292. The average molecular weight is 381 g/mol. The minimum atomic E-state index is -0.812. The van der Waals surface area contributed by atoms with E-state index in [0.29, 0.717) is 17.8 Å². The monoisotopic (exact) mass is 381 g/mol. The zero-order valence-electron chi connectivity index (χ0n) is 15.8. The fourth-order valence-electron chi connectivity index (χ4n) is 2.44. The topological polar surface area (TPSA) is 100 Å². The van der Waals surface area contributed by atoms with Crippen LogP contribution >= 0.6 is 0 Å². The van der Waals surface area contributed by atoms with Crippen LogP contribution in [0.3, 0.4) is 0 Å². The molecule has 0 heterocycles. The molecule has 0 bridgehead atoms. The summed E-state index contributed by atoms with van der Waals surface area (Å²) in [5.41, 5.74) is 2.73. The molecule has 0 fully saturated rings. The lowest BCUT2D eigenvalue weighted by molar-refractivity contribution is -0.142. The number of amides is 2. The first-order valence-corrected chi connectivity index (χ1v) is 8.69. The fourth-order valence-corrected chi connectivity index (χ4v) is 2.44. The summed E-state index contributed by atoms with van der Waals surface area (Å²) in [6, 6.07) is 15.1. The zero-order chi connectivity index (χ0) is 20.4. The lowest BCUT2D eigenvalue weighted by Gasteiger charge is -2.15. The largest absolute Gasteiger partial charge is 0.467 e. The Kier molecular flexibility index (Phi) is 7.77. The van der Waals surface area contributed by atoms with Crippen LogP contribution in [-0.4, -0.2) is 36.1 Å². The lowest BCUT2D eigenvalue weighted by atomic mass is 10.1. The normalized spacial score (nSPS) is 12.4. The zero-order valence-corrected chi connectivity index (χ0v) is 15.8. The Morgan fingerprint density at radius 1 is 1.14 bits per heavy atom. The van der Waals surface area contributed by atoms with Gasteiger partial charge in [0.2, 0.25) is 0 Å². The van der Waals surface area contributed by atoms with E-state index in [2.05, 4.69) is 15.8 Å². The van der Waals surface area contributed by atoms with Gasteiger partial charge < -0.3 is 20.6 Å². The van der Waals surface area contributed by atoms with Gasteiger partial charge >= 0.3 is 12.0 Å². The molecule has 0 spiro atoms. The van der Waals surface area contributed by atoms with Gasteiger partial charge in [-0.05, 0) is 36.6 Å². The van der Waals surface area contributed by atoms with Crippen LogP contribution in [0.15, 0.2) is 65.8 Å². The first-order chi connectivity index (χ1) is 13.5. The molecule has 0 saturated carbocycles. The number of benzene rings is 2. The molecule has 2 amide bonds. The van der Waals surface area contributed by atoms with Crippen LogP contribution in [0.1, 0.15) is 24.5 Å². The SMILES string of the molecule is COC(=O)C(CC=Cc1ccccc1)NC(=O)Nc1ccc(C(C)=NO)cc1. The van der Waals surface area contributed by atoms with Crippen molar-refractivity contribution < 1.29 is 19.5 Å². The number of nitrogens with one attached hydrogen (secondary N) is 2. The van der Waals surface area contributed by atoms with Gasteiger partial charge in [0.05, 0.1) is 12.8 Å². The Balaban J connectivity index is 1.96. The van der Waals surface area contributed by atoms with E-state index >= 15 is 0 Å². The molecule has 2 aromatic rings. The van der Waals surface area contributed by atoms with Gasteiger partial charge in [0.25, 0.3) is 0 Å². The van der Waals surface area contributed by atoms with Gasteiger partial charge in [0.15, 0.2) is 0 Å². The highest BCUT2D eigenvalue weighted by molar-refractivity contribution is 5.99. The van der Waals surface area contributed by atoms with E-state index < -0.39 is 18.0 Å². The highest BCUT2D eigenvalue weighted by atomic mass is 16.5. The average Bonchev–Trinajstić information content (AvgIpc) is 2.73. The number of anilines is 1. The second-order valence-corrected chi connectivity index (χ2v) is 5.99. The summed E-state index contributed by atoms with van der Waals surface area (Å²) in [7, 11) is 1.28. The second kappa shape index (κ2) is 10.5. The van der Waals surface area contributed by atoms with Crippen molar-refractivity contribution in [1.82, 2.24) is 5.32 Å². The van der Waals surface area contributed by atoms with E-state index in [1.807, 2.05) is 42.5 Å². The lowest BCUT2D eigenvalue weighted by Crippen LogP contribution is -2.43. The molecule has 0 saturated heterocycles. The van der Waals surface area contributed by atoms with Gasteiger partial charge in [0, 0.05) is 5.69 Å². The van der Waals surface area contributed by atoms with Gasteiger partial charge in [-0.1, -0.05) is 59.8 Å². The molecule has 2 rings (SSSR count). The fraction of sp³-hybridized carbons (Fsp3) is 0.190. The molecular weight excluding hydrogens is 358 g/mol. The molecule has 146 valence electrons. The highest BCUT2D eigenvalue weighted by Crippen LogP contribution is 2.11. The first kappa shape index (κ1) is 20.7. The summed E-state index contributed by atoms with van der Waals surface area (Å²) in [6.07, 6.45) is 3.97. The van der Waals surface area contributed by atoms with Crippen LogP contribution < -0.4 is 10.6 Å². The smallest absolute Gasteiger partial charge is 0.328 e. The van der Waals surface area contributed by atoms with Crippen molar-refractivity contribution in [2.45, 2.75) is 19.4 Å². The number of methoxy groups -OCH3 is 1. The van der Waals surface area contributed by atoms with Crippen LogP contribution in [0.25, 0.3) is 6.08 Å². The Morgan fingerprint density at radius 3 is 2.43 bits per heavy atom. The Hall–Kier alpha value is -3.61. The molecule has 28 heavy (non-hydrogen) atoms. The first-order valence-electron chi connectivity index (χ1n) is 8.69. The van der Waals surface area contributed by atoms with E-state index in [9.17, 15) is 9.59 Å². The molecule has 1 atom stereocenters. The Morgan fingerprint density at radius 2 is 1.82 bits per heavy atom. The van der Waals surface area contributed by atoms with Crippen molar-refractivity contribution in [2.24, 2.45) is 5.16 Å². The maximum atomic E-state index is 12.2. The predicted molar refractivity (Wildman–Crippen MR) is 108 cm³/mol. The van der Waals surface area contributed by atoms with Gasteiger partial charge in [-0.2, -0.15) is 0 Å². The number of hydrogen-bond donors (Lipinski definition) is 3. The molecule has 7 heteroatoms. The number of nitrogens with zero attached hydrogens (tertiary/aromatic N) is 1. The molecular formula is C21H23N3O4. The van der Waals surface area contributed by atoms with Crippen molar-refractivity contribution in [3.63, 3.8) is 0 Å². The molecule has 0 aliphatic heterocycles. The number of carbonyl (C=O) groups excluding carboxylic acids is 2. The molecule has 0 aliphatic carbocycles. The summed E-state index contributed by atoms with van der Waals surface area (Å²) >= 11 is 0. The van der Waals surface area contributed by atoms with E-state index in [0.717, 1.165) is 11.1 Å². The number of hydrogen-bond acceptors (Lipinski definition) is 5. The van der Waals surface area contributed by atoms with Crippen molar-refractivity contribution in [2.75, 3.05) is 12.4 Å². The van der Waals surface area contributed by atoms with Crippen LogP contribution in [0.2, 0.25) is 0 Å². The van der Waals surface area contributed by atoms with Crippen molar-refractivity contribution >= 4 is 29.5 Å². The van der Waals surface area contributed by atoms with Crippen LogP contribution in [0.4, 0.5) is 10.5 Å². The van der Waals surface area contributed by atoms with E-state index in [1.54, 1.807) is 31.2 Å². The minimum Gasteiger partial charge on any atom is -0.467 e. The number of esters is 1. The number of carbonyl (C=O) groups is 2. The van der Waals surface area contributed by atoms with Crippen LogP contribution in [0, 0.1) is 0 Å². The van der Waals surface area contributed by atoms with Gasteiger partial charge in [-0.25, -0.2) is 9.59 Å². The van der Waals surface area contributed by atoms with Crippen LogP contribution in [0.5, 0.6) is 0 Å². The molecule has 0 aromatic heterocycles. The van der Waals surface area contributed by atoms with E-state index in [-0.39, 0.29) is 0 Å². The molecule has 7 nitrogen and oxygen atoms in total. The Labute approximate surface area is 163 Å². The van der Waals surface area contributed by atoms with E-state index in [4.69, 9.17) is 9.94 Å². The standard InChI is InChI=1S/C21H23N3O4/c1-15(24-27)17-11-13-18(14-12-17)22-21(26)23-19(20(25)28-2)10-6-9-16-7-4-3-5-8-16/h3-9,11-14,19,27H,10H2,1-2H3,(H2,22,23,26). The van der Waals surface area contributed by atoms with Crippen molar-refractivity contribution in [3.8, 4) is 0 Å². The number of rotatable bonds is 7. The van der Waals surface area contributed by atoms with Gasteiger partial charge in [-0.15, -0.1) is 0 Å². The summed E-state index contributed by atoms with van der Waals surface area (Å²) in [5, 5.41) is 17.2. The van der Waals surface area contributed by atoms with Crippen molar-refractivity contribution in [3.05, 3.63) is 71.8 Å². The Bertz CT molecular complexity index is 846. The third-order valence-corrected chi connectivity index (χ3v) is 3.98. The summed E-state index contributed by atoms with van der Waals surface area (Å²) < 4.78 is 4.77. The molecule has 2 aromatic carbocycles. The van der Waals surface area contributed by atoms with Gasteiger partial charge in [-0.3, -0.25) is 0 Å². The molecule has 0 radical (unpaired) electrons. The predicted octanol–water partition coefficient (Wildman–Crippen LogP) is 3.65.